The van der Waals surface area contributed by atoms with E-state index >= 15 is 0 Å². The average molecular weight is 253 g/mol. The third-order valence-electron chi connectivity index (χ3n) is 3.41. The van der Waals surface area contributed by atoms with Crippen molar-refractivity contribution in [2.75, 3.05) is 19.3 Å². The highest BCUT2D eigenvalue weighted by molar-refractivity contribution is 7.90. The molecule has 17 heavy (non-hydrogen) atoms. The predicted octanol–water partition coefficient (Wildman–Crippen LogP) is 1.87. The lowest BCUT2D eigenvalue weighted by Gasteiger charge is -2.24. The summed E-state index contributed by atoms with van der Waals surface area (Å²) >= 11 is 0. The summed E-state index contributed by atoms with van der Waals surface area (Å²) in [4.78, 5) is 0.419. The molecule has 1 aromatic rings. The summed E-state index contributed by atoms with van der Waals surface area (Å²) in [5.74, 6) is 0.525. The molecule has 94 valence electrons. The normalized spacial score (nSPS) is 21.4. The SMILES string of the molecule is Cc1cc(S(C)(=O)=O)ccc1C1CCCNC1. The van der Waals surface area contributed by atoms with Gasteiger partial charge in [-0.2, -0.15) is 0 Å². The third kappa shape index (κ3) is 2.87. The molecule has 1 aliphatic rings. The van der Waals surface area contributed by atoms with Gasteiger partial charge in [-0.05, 0) is 55.5 Å². The Morgan fingerprint density at radius 2 is 2.12 bits per heavy atom. The third-order valence-corrected chi connectivity index (χ3v) is 4.52. The Kier molecular flexibility index (Phi) is 3.54. The number of hydrogen-bond donors (Lipinski definition) is 1. The van der Waals surface area contributed by atoms with Crippen LogP contribution in [0.4, 0.5) is 0 Å². The van der Waals surface area contributed by atoms with Gasteiger partial charge in [0.2, 0.25) is 0 Å². The van der Waals surface area contributed by atoms with Crippen LogP contribution in [0.3, 0.4) is 0 Å². The van der Waals surface area contributed by atoms with Crippen molar-refractivity contribution in [2.24, 2.45) is 0 Å². The summed E-state index contributed by atoms with van der Waals surface area (Å²) in [7, 11) is -3.09. The fourth-order valence-corrected chi connectivity index (χ4v) is 3.16. The van der Waals surface area contributed by atoms with Crippen LogP contribution in [0.25, 0.3) is 0 Å². The molecule has 1 aromatic carbocycles. The molecular formula is C13H19NO2S. The molecule has 0 spiro atoms. The van der Waals surface area contributed by atoms with Gasteiger partial charge >= 0.3 is 0 Å². The summed E-state index contributed by atoms with van der Waals surface area (Å²) in [5.41, 5.74) is 2.37. The molecule has 1 N–H and O–H groups in total. The summed E-state index contributed by atoms with van der Waals surface area (Å²) < 4.78 is 22.9. The van der Waals surface area contributed by atoms with Crippen molar-refractivity contribution in [1.29, 1.82) is 0 Å². The number of rotatable bonds is 2. The standard InChI is InChI=1S/C13H19NO2S/c1-10-8-12(17(2,15)16)5-6-13(10)11-4-3-7-14-9-11/h5-6,8,11,14H,3-4,7,9H2,1-2H3. The lowest BCUT2D eigenvalue weighted by Crippen LogP contribution is -2.28. The first-order valence-corrected chi connectivity index (χ1v) is 7.89. The van der Waals surface area contributed by atoms with Gasteiger partial charge in [0.05, 0.1) is 4.90 Å². The number of sulfone groups is 1. The van der Waals surface area contributed by atoms with Crippen molar-refractivity contribution < 1.29 is 8.42 Å². The van der Waals surface area contributed by atoms with E-state index in [0.29, 0.717) is 10.8 Å². The molecule has 0 radical (unpaired) electrons. The molecule has 0 aliphatic carbocycles. The molecule has 4 heteroatoms. The largest absolute Gasteiger partial charge is 0.316 e. The number of benzene rings is 1. The highest BCUT2D eigenvalue weighted by Gasteiger charge is 2.18. The van der Waals surface area contributed by atoms with Gasteiger partial charge < -0.3 is 5.32 Å². The molecule has 1 atom stereocenters. The van der Waals surface area contributed by atoms with Gasteiger partial charge in [-0.25, -0.2) is 8.42 Å². The first-order valence-electron chi connectivity index (χ1n) is 6.00. The topological polar surface area (TPSA) is 46.2 Å². The highest BCUT2D eigenvalue weighted by atomic mass is 32.2. The lowest BCUT2D eigenvalue weighted by atomic mass is 9.89. The number of nitrogens with one attached hydrogen (secondary N) is 1. The van der Waals surface area contributed by atoms with Crippen molar-refractivity contribution in [2.45, 2.75) is 30.6 Å². The van der Waals surface area contributed by atoms with Crippen LogP contribution < -0.4 is 5.32 Å². The van der Waals surface area contributed by atoms with Crippen LogP contribution in [0, 0.1) is 6.92 Å². The lowest BCUT2D eigenvalue weighted by molar-refractivity contribution is 0.460. The fraction of sp³-hybridized carbons (Fsp3) is 0.538. The quantitative estimate of drug-likeness (QED) is 0.875. The summed E-state index contributed by atoms with van der Waals surface area (Å²) in [6.07, 6.45) is 3.63. The van der Waals surface area contributed by atoms with Gasteiger partial charge in [0.15, 0.2) is 9.84 Å². The maximum Gasteiger partial charge on any atom is 0.175 e. The molecule has 0 saturated carbocycles. The minimum absolute atomic E-state index is 0.419. The minimum Gasteiger partial charge on any atom is -0.316 e. The van der Waals surface area contributed by atoms with E-state index in [-0.39, 0.29) is 0 Å². The predicted molar refractivity (Wildman–Crippen MR) is 69.1 cm³/mol. The van der Waals surface area contributed by atoms with E-state index in [1.54, 1.807) is 12.1 Å². The highest BCUT2D eigenvalue weighted by Crippen LogP contribution is 2.27. The zero-order chi connectivity index (χ0) is 12.5. The van der Waals surface area contributed by atoms with Crippen LogP contribution in [-0.2, 0) is 9.84 Å². The molecule has 1 aliphatic heterocycles. The van der Waals surface area contributed by atoms with Gasteiger partial charge in [-0.3, -0.25) is 0 Å². The molecule has 1 unspecified atom stereocenters. The summed E-state index contributed by atoms with van der Waals surface area (Å²) in [5, 5.41) is 3.39. The monoisotopic (exact) mass is 253 g/mol. The van der Waals surface area contributed by atoms with Crippen LogP contribution in [-0.4, -0.2) is 27.8 Å². The molecule has 0 aromatic heterocycles. The molecule has 2 rings (SSSR count). The molecule has 1 fully saturated rings. The molecule has 0 amide bonds. The molecular weight excluding hydrogens is 234 g/mol. The Bertz CT molecular complexity index is 502. The van der Waals surface area contributed by atoms with Gasteiger partial charge in [-0.15, -0.1) is 0 Å². The van der Waals surface area contributed by atoms with E-state index in [1.807, 2.05) is 13.0 Å². The second-order valence-electron chi connectivity index (χ2n) is 4.83. The van der Waals surface area contributed by atoms with Crippen molar-refractivity contribution in [3.63, 3.8) is 0 Å². The Hall–Kier alpha value is -0.870. The Labute approximate surface area is 103 Å². The van der Waals surface area contributed by atoms with Crippen molar-refractivity contribution in [1.82, 2.24) is 5.32 Å². The summed E-state index contributed by atoms with van der Waals surface area (Å²) in [6.45, 7) is 4.09. The molecule has 1 saturated heterocycles. The van der Waals surface area contributed by atoms with E-state index in [1.165, 1.54) is 24.7 Å². The zero-order valence-electron chi connectivity index (χ0n) is 10.4. The Morgan fingerprint density at radius 3 is 2.65 bits per heavy atom. The van der Waals surface area contributed by atoms with E-state index < -0.39 is 9.84 Å². The molecule has 1 heterocycles. The fourth-order valence-electron chi connectivity index (χ4n) is 2.45. The van der Waals surface area contributed by atoms with E-state index in [9.17, 15) is 8.42 Å². The van der Waals surface area contributed by atoms with E-state index in [0.717, 1.165) is 18.7 Å². The van der Waals surface area contributed by atoms with Gasteiger partial charge in [0.25, 0.3) is 0 Å². The van der Waals surface area contributed by atoms with Crippen LogP contribution in [0.1, 0.15) is 29.9 Å². The van der Waals surface area contributed by atoms with Crippen molar-refractivity contribution >= 4 is 9.84 Å². The van der Waals surface area contributed by atoms with Crippen LogP contribution in [0.2, 0.25) is 0 Å². The number of piperidine rings is 1. The van der Waals surface area contributed by atoms with Gasteiger partial charge in [-0.1, -0.05) is 6.07 Å². The minimum atomic E-state index is -3.09. The maximum absolute atomic E-state index is 11.5. The van der Waals surface area contributed by atoms with E-state index in [2.05, 4.69) is 5.32 Å². The van der Waals surface area contributed by atoms with Gasteiger partial charge in [0.1, 0.15) is 0 Å². The van der Waals surface area contributed by atoms with E-state index in [4.69, 9.17) is 0 Å². The smallest absolute Gasteiger partial charge is 0.175 e. The first-order chi connectivity index (χ1) is 7.98. The van der Waals surface area contributed by atoms with Crippen LogP contribution >= 0.6 is 0 Å². The Balaban J connectivity index is 2.31. The molecule has 0 bridgehead atoms. The van der Waals surface area contributed by atoms with Crippen molar-refractivity contribution in [3.8, 4) is 0 Å². The number of aryl methyl sites for hydroxylation is 1. The van der Waals surface area contributed by atoms with Crippen molar-refractivity contribution in [3.05, 3.63) is 29.3 Å². The molecule has 3 nitrogen and oxygen atoms in total. The average Bonchev–Trinajstić information content (AvgIpc) is 2.29. The maximum atomic E-state index is 11.5. The zero-order valence-corrected chi connectivity index (χ0v) is 11.2. The number of hydrogen-bond acceptors (Lipinski definition) is 3. The van der Waals surface area contributed by atoms with Gasteiger partial charge in [0, 0.05) is 12.8 Å². The van der Waals surface area contributed by atoms with Crippen LogP contribution in [0.15, 0.2) is 23.1 Å². The Morgan fingerprint density at radius 1 is 1.35 bits per heavy atom. The first kappa shape index (κ1) is 12.6. The second-order valence-corrected chi connectivity index (χ2v) is 6.85. The summed E-state index contributed by atoms with van der Waals surface area (Å²) in [6, 6.07) is 5.49. The van der Waals surface area contributed by atoms with Crippen LogP contribution in [0.5, 0.6) is 0 Å². The second kappa shape index (κ2) is 4.78.